The summed E-state index contributed by atoms with van der Waals surface area (Å²) in [6.07, 6.45) is -2.30. The highest BCUT2D eigenvalue weighted by Crippen LogP contribution is 2.23. The van der Waals surface area contributed by atoms with Crippen LogP contribution >= 0.6 is 0 Å². The van der Waals surface area contributed by atoms with Gasteiger partial charge in [-0.15, -0.1) is 0 Å². The summed E-state index contributed by atoms with van der Waals surface area (Å²) in [5, 5.41) is 9.96. The molecule has 140 valence electrons. The van der Waals surface area contributed by atoms with Gasteiger partial charge in [0.05, 0.1) is 6.61 Å². The predicted octanol–water partition coefficient (Wildman–Crippen LogP) is 0.824. The minimum Gasteiger partial charge on any atom is -0.455 e. The minimum absolute atomic E-state index is 0.254. The van der Waals surface area contributed by atoms with E-state index >= 15 is 0 Å². The lowest BCUT2D eigenvalue weighted by Gasteiger charge is -2.38. The van der Waals surface area contributed by atoms with Gasteiger partial charge in [0.2, 0.25) is 12.4 Å². The van der Waals surface area contributed by atoms with Crippen molar-refractivity contribution < 1.29 is 38.4 Å². The van der Waals surface area contributed by atoms with E-state index in [2.05, 4.69) is 0 Å². The number of esters is 3. The van der Waals surface area contributed by atoms with Crippen molar-refractivity contribution in [2.75, 3.05) is 6.61 Å². The summed E-state index contributed by atoms with van der Waals surface area (Å²) >= 11 is 0. The molecule has 1 fully saturated rings. The van der Waals surface area contributed by atoms with Gasteiger partial charge in [-0.3, -0.25) is 9.59 Å². The molecule has 0 spiro atoms. The molecule has 0 amide bonds. The smallest absolute Gasteiger partial charge is 0.333 e. The number of ether oxygens (including phenoxy) is 4. The summed E-state index contributed by atoms with van der Waals surface area (Å²) in [6, 6.07) is 9.08. The van der Waals surface area contributed by atoms with Gasteiger partial charge < -0.3 is 24.1 Å². The van der Waals surface area contributed by atoms with Crippen LogP contribution in [0.15, 0.2) is 36.4 Å². The largest absolute Gasteiger partial charge is 0.455 e. The van der Waals surface area contributed by atoms with Crippen molar-refractivity contribution in [1.82, 2.24) is 0 Å². The first-order chi connectivity index (χ1) is 12.4. The average Bonchev–Trinajstić information content (AvgIpc) is 2.59. The molecular weight excluding hydrogens is 344 g/mol. The summed E-state index contributed by atoms with van der Waals surface area (Å²) in [7, 11) is 0. The molecule has 8 heteroatoms. The van der Waals surface area contributed by atoms with Crippen LogP contribution in [-0.4, -0.2) is 54.2 Å². The highest BCUT2D eigenvalue weighted by molar-refractivity contribution is 5.87. The highest BCUT2D eigenvalue weighted by Gasteiger charge is 2.46. The van der Waals surface area contributed by atoms with Gasteiger partial charge in [0, 0.05) is 19.9 Å². The Kier molecular flexibility index (Phi) is 6.88. The third-order valence-electron chi connectivity index (χ3n) is 3.45. The summed E-state index contributed by atoms with van der Waals surface area (Å²) in [5.74, 6) is -2.12. The van der Waals surface area contributed by atoms with Crippen LogP contribution in [0.3, 0.4) is 0 Å². The number of rotatable bonds is 5. The molecule has 8 nitrogen and oxygen atoms in total. The Morgan fingerprint density at radius 1 is 1.04 bits per heavy atom. The van der Waals surface area contributed by atoms with Crippen LogP contribution in [0, 0.1) is 0 Å². The zero-order valence-corrected chi connectivity index (χ0v) is 14.4. The molecule has 1 aliphatic heterocycles. The highest BCUT2D eigenvalue weighted by atomic mass is 16.7. The van der Waals surface area contributed by atoms with E-state index in [0.29, 0.717) is 0 Å². The number of carbonyl (C=O) groups is 3. The van der Waals surface area contributed by atoms with Crippen molar-refractivity contribution in [3.8, 4) is 0 Å². The van der Waals surface area contributed by atoms with E-state index in [1.165, 1.54) is 6.08 Å². The van der Waals surface area contributed by atoms with E-state index in [1.54, 1.807) is 18.2 Å². The van der Waals surface area contributed by atoms with Crippen molar-refractivity contribution in [2.24, 2.45) is 0 Å². The van der Waals surface area contributed by atoms with Gasteiger partial charge >= 0.3 is 17.9 Å². The SMILES string of the molecule is CC(=O)O[C@@H]1[C@@H](OC(C)=O)[C@H](OC(=O)/C=C/c2ccccc2)OC[C@H]1O. The van der Waals surface area contributed by atoms with Crippen LogP contribution in [0.25, 0.3) is 6.08 Å². The van der Waals surface area contributed by atoms with Gasteiger partial charge in [0.15, 0.2) is 6.10 Å². The Bertz CT molecular complexity index is 669. The summed E-state index contributed by atoms with van der Waals surface area (Å²) in [5.41, 5.74) is 0.791. The number of carbonyl (C=O) groups excluding carboxylic acids is 3. The fourth-order valence-electron chi connectivity index (χ4n) is 2.39. The van der Waals surface area contributed by atoms with Crippen LogP contribution in [0.4, 0.5) is 0 Å². The van der Waals surface area contributed by atoms with Crippen molar-refractivity contribution in [3.05, 3.63) is 42.0 Å². The second kappa shape index (κ2) is 9.12. The van der Waals surface area contributed by atoms with E-state index in [1.807, 2.05) is 18.2 Å². The van der Waals surface area contributed by atoms with Crippen LogP contribution in [0.2, 0.25) is 0 Å². The molecule has 0 aromatic heterocycles. The van der Waals surface area contributed by atoms with Gasteiger partial charge in [-0.1, -0.05) is 30.3 Å². The van der Waals surface area contributed by atoms with Gasteiger partial charge in [-0.05, 0) is 11.6 Å². The van der Waals surface area contributed by atoms with Crippen molar-refractivity contribution in [1.29, 1.82) is 0 Å². The van der Waals surface area contributed by atoms with E-state index in [4.69, 9.17) is 18.9 Å². The molecule has 0 bridgehead atoms. The first-order valence-corrected chi connectivity index (χ1v) is 7.94. The third kappa shape index (κ3) is 5.68. The molecule has 1 aromatic rings. The lowest BCUT2D eigenvalue weighted by atomic mass is 10.0. The average molecular weight is 364 g/mol. The Morgan fingerprint density at radius 3 is 2.27 bits per heavy atom. The van der Waals surface area contributed by atoms with E-state index in [-0.39, 0.29) is 6.61 Å². The Balaban J connectivity index is 2.09. The van der Waals surface area contributed by atoms with Gasteiger partial charge in [0.25, 0.3) is 0 Å². The Labute approximate surface area is 150 Å². The molecule has 0 unspecified atom stereocenters. The predicted molar refractivity (Wildman–Crippen MR) is 88.4 cm³/mol. The number of hydrogen-bond donors (Lipinski definition) is 1. The number of aliphatic hydroxyl groups excluding tert-OH is 1. The molecule has 1 aromatic carbocycles. The normalized spacial score (nSPS) is 25.5. The van der Waals surface area contributed by atoms with Gasteiger partial charge in [-0.25, -0.2) is 4.79 Å². The number of benzene rings is 1. The Morgan fingerprint density at radius 2 is 1.65 bits per heavy atom. The van der Waals surface area contributed by atoms with E-state index in [0.717, 1.165) is 19.4 Å². The van der Waals surface area contributed by atoms with E-state index < -0.39 is 42.5 Å². The standard InChI is InChI=1S/C18H20O8/c1-11(19)24-16-14(21)10-23-18(17(16)25-12(2)20)26-15(22)9-8-13-6-4-3-5-7-13/h3-9,14,16-18,21H,10H2,1-2H3/b9-8+/t14-,16+,17-,18+/m1/s1. The molecule has 1 saturated heterocycles. The Hall–Kier alpha value is -2.71. The molecular formula is C18H20O8. The second-order valence-electron chi connectivity index (χ2n) is 5.60. The van der Waals surface area contributed by atoms with Crippen molar-refractivity contribution in [3.63, 3.8) is 0 Å². The van der Waals surface area contributed by atoms with Crippen LogP contribution in [0.1, 0.15) is 19.4 Å². The molecule has 0 radical (unpaired) electrons. The zero-order valence-electron chi connectivity index (χ0n) is 14.4. The van der Waals surface area contributed by atoms with Crippen molar-refractivity contribution >= 4 is 24.0 Å². The fraction of sp³-hybridized carbons (Fsp3) is 0.389. The lowest BCUT2D eigenvalue weighted by Crippen LogP contribution is -2.57. The van der Waals surface area contributed by atoms with Crippen LogP contribution in [-0.2, 0) is 33.3 Å². The summed E-state index contributed by atoms with van der Waals surface area (Å²) in [4.78, 5) is 34.6. The first kappa shape index (κ1) is 19.6. The maximum absolute atomic E-state index is 12.0. The summed E-state index contributed by atoms with van der Waals surface area (Å²) < 4.78 is 20.5. The topological polar surface area (TPSA) is 108 Å². The molecule has 1 N–H and O–H groups in total. The first-order valence-electron chi connectivity index (χ1n) is 7.94. The molecule has 4 atom stereocenters. The number of aliphatic hydroxyl groups is 1. The maximum atomic E-state index is 12.0. The third-order valence-corrected chi connectivity index (χ3v) is 3.45. The van der Waals surface area contributed by atoms with Crippen molar-refractivity contribution in [2.45, 2.75) is 38.4 Å². The molecule has 26 heavy (non-hydrogen) atoms. The number of hydrogen-bond acceptors (Lipinski definition) is 8. The van der Waals surface area contributed by atoms with Crippen LogP contribution in [0.5, 0.6) is 0 Å². The molecule has 2 rings (SSSR count). The molecule has 0 saturated carbocycles. The maximum Gasteiger partial charge on any atom is 0.333 e. The summed E-state index contributed by atoms with van der Waals surface area (Å²) in [6.45, 7) is 2.03. The zero-order chi connectivity index (χ0) is 19.1. The molecule has 1 heterocycles. The quantitative estimate of drug-likeness (QED) is 0.465. The molecule has 1 aliphatic rings. The van der Waals surface area contributed by atoms with E-state index in [9.17, 15) is 19.5 Å². The lowest BCUT2D eigenvalue weighted by molar-refractivity contribution is -0.270. The molecule has 0 aliphatic carbocycles. The van der Waals surface area contributed by atoms with Crippen LogP contribution < -0.4 is 0 Å². The monoisotopic (exact) mass is 364 g/mol. The minimum atomic E-state index is -1.32. The second-order valence-corrected chi connectivity index (χ2v) is 5.60. The fourth-order valence-corrected chi connectivity index (χ4v) is 2.39. The van der Waals surface area contributed by atoms with Gasteiger partial charge in [-0.2, -0.15) is 0 Å². The van der Waals surface area contributed by atoms with Gasteiger partial charge in [0.1, 0.15) is 6.10 Å².